The summed E-state index contributed by atoms with van der Waals surface area (Å²) in [6.07, 6.45) is -0.401. The van der Waals surface area contributed by atoms with Crippen molar-refractivity contribution in [1.82, 2.24) is 24.6 Å². The van der Waals surface area contributed by atoms with Gasteiger partial charge in [-0.15, -0.1) is 0 Å². The molecule has 2 aromatic heterocycles. The third kappa shape index (κ3) is 4.71. The van der Waals surface area contributed by atoms with Gasteiger partial charge in [0.05, 0.1) is 17.9 Å². The fourth-order valence-electron chi connectivity index (χ4n) is 5.27. The van der Waals surface area contributed by atoms with Gasteiger partial charge in [0, 0.05) is 37.8 Å². The minimum Gasteiger partial charge on any atom is -0.355 e. The lowest BCUT2D eigenvalue weighted by atomic mass is 9.86. The van der Waals surface area contributed by atoms with Crippen molar-refractivity contribution in [2.75, 3.05) is 31.1 Å². The fourth-order valence-corrected chi connectivity index (χ4v) is 5.27. The summed E-state index contributed by atoms with van der Waals surface area (Å²) < 4.78 is 39.5. The molecule has 0 amide bonds. The number of nitrogens with zero attached hydrogens (tertiary/aromatic N) is 7. The van der Waals surface area contributed by atoms with Crippen LogP contribution < -0.4 is 4.90 Å². The second kappa shape index (κ2) is 8.55. The summed E-state index contributed by atoms with van der Waals surface area (Å²) in [5.41, 5.74) is 2.72. The molecular formula is C24H26F3N7. The molecule has 0 saturated carbocycles. The SMILES string of the molecule is Cc1nc(N2CCC3(CCN(Cc4ccc(CC#N)cc4)C3)C2)c2cn(CC(F)(F)F)nc2n1. The number of benzene rings is 1. The number of aryl methyl sites for hydroxylation is 1. The Kier molecular flexibility index (Phi) is 5.68. The van der Waals surface area contributed by atoms with Gasteiger partial charge in [-0.25, -0.2) is 9.97 Å². The standard InChI is InChI=1S/C24H26F3N7/c1-17-29-21-20(13-34(31-21)16-24(25,26)27)22(30-17)33-11-8-23(15-33)7-10-32(14-23)12-19-4-2-18(3-5-19)6-9-28/h2-5,13H,6-8,10-12,14-16H2,1H3. The van der Waals surface area contributed by atoms with Crippen LogP contribution in [0.1, 0.15) is 29.8 Å². The molecule has 1 unspecified atom stereocenters. The van der Waals surface area contributed by atoms with Crippen LogP contribution >= 0.6 is 0 Å². The van der Waals surface area contributed by atoms with Gasteiger partial charge in [-0.2, -0.15) is 23.5 Å². The molecular weight excluding hydrogens is 443 g/mol. The molecule has 2 fully saturated rings. The molecule has 2 aliphatic heterocycles. The first-order valence-electron chi connectivity index (χ1n) is 11.4. The van der Waals surface area contributed by atoms with Crippen LogP contribution in [0.25, 0.3) is 11.0 Å². The topological polar surface area (TPSA) is 73.9 Å². The molecule has 3 aromatic rings. The smallest absolute Gasteiger partial charge is 0.355 e. The van der Waals surface area contributed by atoms with Gasteiger partial charge in [0.1, 0.15) is 18.2 Å². The number of hydrogen-bond donors (Lipinski definition) is 0. The van der Waals surface area contributed by atoms with Gasteiger partial charge >= 0.3 is 6.18 Å². The van der Waals surface area contributed by atoms with Crippen LogP contribution in [0.4, 0.5) is 19.0 Å². The lowest BCUT2D eigenvalue weighted by Crippen LogP contribution is -2.31. The number of nitriles is 1. The number of alkyl halides is 3. The highest BCUT2D eigenvalue weighted by Gasteiger charge is 2.44. The minimum absolute atomic E-state index is 0.147. The van der Waals surface area contributed by atoms with Gasteiger partial charge < -0.3 is 4.90 Å². The van der Waals surface area contributed by atoms with Crippen molar-refractivity contribution in [3.05, 3.63) is 47.4 Å². The maximum atomic E-state index is 12.9. The van der Waals surface area contributed by atoms with Crippen LogP contribution in [0.5, 0.6) is 0 Å². The molecule has 1 atom stereocenters. The van der Waals surface area contributed by atoms with E-state index in [1.54, 1.807) is 6.92 Å². The molecule has 10 heteroatoms. The van der Waals surface area contributed by atoms with E-state index in [2.05, 4.69) is 43.1 Å². The zero-order chi connectivity index (χ0) is 23.9. The molecule has 178 valence electrons. The molecule has 0 bridgehead atoms. The third-order valence-corrected chi connectivity index (χ3v) is 6.83. The zero-order valence-electron chi connectivity index (χ0n) is 19.0. The Bertz CT molecular complexity index is 1230. The highest BCUT2D eigenvalue weighted by Crippen LogP contribution is 2.42. The predicted octanol–water partition coefficient (Wildman–Crippen LogP) is 3.87. The quantitative estimate of drug-likeness (QED) is 0.565. The number of likely N-dealkylation sites (tertiary alicyclic amines) is 1. The molecule has 7 nitrogen and oxygen atoms in total. The van der Waals surface area contributed by atoms with E-state index in [0.29, 0.717) is 29.1 Å². The minimum atomic E-state index is -4.34. The van der Waals surface area contributed by atoms with Crippen molar-refractivity contribution >= 4 is 16.9 Å². The molecule has 2 saturated heterocycles. The van der Waals surface area contributed by atoms with Gasteiger partial charge in [0.2, 0.25) is 0 Å². The van der Waals surface area contributed by atoms with E-state index in [1.807, 2.05) is 12.1 Å². The maximum absolute atomic E-state index is 12.9. The van der Waals surface area contributed by atoms with Gasteiger partial charge in [-0.3, -0.25) is 9.58 Å². The van der Waals surface area contributed by atoms with Crippen molar-refractivity contribution in [3.8, 4) is 6.07 Å². The highest BCUT2D eigenvalue weighted by atomic mass is 19.4. The summed E-state index contributed by atoms with van der Waals surface area (Å²) in [5, 5.41) is 13.5. The highest BCUT2D eigenvalue weighted by molar-refractivity contribution is 5.86. The largest absolute Gasteiger partial charge is 0.408 e. The lowest BCUT2D eigenvalue weighted by Gasteiger charge is -2.25. The monoisotopic (exact) mass is 469 g/mol. The summed E-state index contributed by atoms with van der Waals surface area (Å²) in [6, 6.07) is 10.4. The third-order valence-electron chi connectivity index (χ3n) is 6.83. The Morgan fingerprint density at radius 3 is 2.53 bits per heavy atom. The van der Waals surface area contributed by atoms with E-state index < -0.39 is 12.7 Å². The van der Waals surface area contributed by atoms with Crippen LogP contribution in [0.15, 0.2) is 30.5 Å². The summed E-state index contributed by atoms with van der Waals surface area (Å²) >= 11 is 0. The molecule has 1 spiro atoms. The molecule has 5 rings (SSSR count). The van der Waals surface area contributed by atoms with Crippen molar-refractivity contribution in [1.29, 1.82) is 5.26 Å². The first kappa shape index (κ1) is 22.6. The molecule has 4 heterocycles. The number of halogens is 3. The average molecular weight is 470 g/mol. The van der Waals surface area contributed by atoms with Crippen molar-refractivity contribution < 1.29 is 13.2 Å². The van der Waals surface area contributed by atoms with Crippen molar-refractivity contribution in [3.63, 3.8) is 0 Å². The van der Waals surface area contributed by atoms with Gasteiger partial charge in [-0.05, 0) is 37.4 Å². The Morgan fingerprint density at radius 2 is 1.79 bits per heavy atom. The average Bonchev–Trinajstić information content (AvgIpc) is 3.47. The van der Waals surface area contributed by atoms with Crippen LogP contribution in [0.3, 0.4) is 0 Å². The summed E-state index contributed by atoms with van der Waals surface area (Å²) in [6.45, 7) is 5.09. The first-order chi connectivity index (χ1) is 16.2. The Balaban J connectivity index is 1.29. The van der Waals surface area contributed by atoms with Crippen LogP contribution in [-0.2, 0) is 19.5 Å². The molecule has 34 heavy (non-hydrogen) atoms. The van der Waals surface area contributed by atoms with E-state index in [1.165, 1.54) is 11.8 Å². The Hall–Kier alpha value is -3.19. The summed E-state index contributed by atoms with van der Waals surface area (Å²) in [7, 11) is 0. The first-order valence-corrected chi connectivity index (χ1v) is 11.4. The van der Waals surface area contributed by atoms with E-state index in [9.17, 15) is 13.2 Å². The van der Waals surface area contributed by atoms with E-state index in [0.717, 1.165) is 55.8 Å². The molecule has 0 aliphatic carbocycles. The van der Waals surface area contributed by atoms with Crippen molar-refractivity contribution in [2.45, 2.75) is 45.5 Å². The van der Waals surface area contributed by atoms with E-state index >= 15 is 0 Å². The predicted molar refractivity (Wildman–Crippen MR) is 121 cm³/mol. The molecule has 0 N–H and O–H groups in total. The zero-order valence-corrected chi connectivity index (χ0v) is 19.0. The summed E-state index contributed by atoms with van der Waals surface area (Å²) in [4.78, 5) is 13.5. The molecule has 1 aromatic carbocycles. The van der Waals surface area contributed by atoms with Gasteiger partial charge in [0.25, 0.3) is 0 Å². The van der Waals surface area contributed by atoms with Crippen LogP contribution in [-0.4, -0.2) is 57.0 Å². The van der Waals surface area contributed by atoms with E-state index in [4.69, 9.17) is 5.26 Å². The normalized spacial score (nSPS) is 21.1. The number of aromatic nitrogens is 4. The van der Waals surface area contributed by atoms with Crippen LogP contribution in [0, 0.1) is 23.7 Å². The molecule has 2 aliphatic rings. The number of anilines is 1. The lowest BCUT2D eigenvalue weighted by molar-refractivity contribution is -0.142. The van der Waals surface area contributed by atoms with Gasteiger partial charge in [-0.1, -0.05) is 24.3 Å². The number of rotatable bonds is 5. The Labute approximate surface area is 195 Å². The summed E-state index contributed by atoms with van der Waals surface area (Å²) in [5.74, 6) is 1.19. The second-order valence-electron chi connectivity index (χ2n) is 9.56. The number of fused-ring (bicyclic) bond motifs is 1. The maximum Gasteiger partial charge on any atom is 0.408 e. The Morgan fingerprint density at radius 1 is 1.06 bits per heavy atom. The van der Waals surface area contributed by atoms with E-state index in [-0.39, 0.29) is 5.41 Å². The van der Waals surface area contributed by atoms with Gasteiger partial charge in [0.15, 0.2) is 5.65 Å². The van der Waals surface area contributed by atoms with Crippen molar-refractivity contribution in [2.24, 2.45) is 5.41 Å². The number of hydrogen-bond acceptors (Lipinski definition) is 6. The molecule has 0 radical (unpaired) electrons. The van der Waals surface area contributed by atoms with Crippen LogP contribution in [0.2, 0.25) is 0 Å². The fraction of sp³-hybridized carbons (Fsp3) is 0.500. The second-order valence-corrected chi connectivity index (χ2v) is 9.56.